The number of piperidine rings is 1. The van der Waals surface area contributed by atoms with Gasteiger partial charge in [0.1, 0.15) is 5.65 Å². The molecule has 0 amide bonds. The van der Waals surface area contributed by atoms with Crippen LogP contribution in [-0.2, 0) is 0 Å². The number of nitrogens with one attached hydrogen (secondary N) is 1. The molecule has 1 saturated carbocycles. The molecule has 2 aromatic heterocycles. The highest BCUT2D eigenvalue weighted by Gasteiger charge is 2.29. The molecule has 5 rings (SSSR count). The van der Waals surface area contributed by atoms with Crippen LogP contribution in [0.1, 0.15) is 50.6 Å². The van der Waals surface area contributed by atoms with Crippen LogP contribution in [0.3, 0.4) is 0 Å². The zero-order chi connectivity index (χ0) is 25.2. The standard InChI is InChI=1S/C26H31F2N5O2S/c1-16-5-3-7-20(13-16)36-32-11-9-19(10-12-32)30-26-29-15-18-14-22(35-25(27)28)24(34)33(23(18)31-26)21-8-4-6-17(21)2/h3,5,7,13-15,17,19,21,25H,4,6,8-12H2,1-2H3,(H,29,30,31). The smallest absolute Gasteiger partial charge is 0.387 e. The Bertz CT molecular complexity index is 1280. The van der Waals surface area contributed by atoms with Crippen LogP contribution in [0.15, 0.2) is 46.2 Å². The molecule has 2 unspecified atom stereocenters. The van der Waals surface area contributed by atoms with Gasteiger partial charge in [0, 0.05) is 41.7 Å². The second-order valence-electron chi connectivity index (χ2n) is 9.77. The molecular formula is C26H31F2N5O2S. The molecule has 3 aromatic rings. The normalized spacial score (nSPS) is 21.4. The molecule has 2 fully saturated rings. The Morgan fingerprint density at radius 2 is 1.97 bits per heavy atom. The molecule has 192 valence electrons. The lowest BCUT2D eigenvalue weighted by Crippen LogP contribution is -2.36. The third kappa shape index (κ3) is 5.49. The van der Waals surface area contributed by atoms with E-state index < -0.39 is 12.2 Å². The average molecular weight is 516 g/mol. The number of rotatable bonds is 7. The fraction of sp³-hybridized carbons (Fsp3) is 0.500. The number of anilines is 1. The molecule has 10 heteroatoms. The van der Waals surface area contributed by atoms with Gasteiger partial charge < -0.3 is 10.1 Å². The number of alkyl halides is 2. The summed E-state index contributed by atoms with van der Waals surface area (Å²) in [5.41, 5.74) is 1.15. The Morgan fingerprint density at radius 3 is 2.67 bits per heavy atom. The van der Waals surface area contributed by atoms with Crippen LogP contribution in [-0.4, -0.2) is 44.6 Å². The van der Waals surface area contributed by atoms with Gasteiger partial charge >= 0.3 is 6.61 Å². The second-order valence-corrected chi connectivity index (χ2v) is 10.9. The van der Waals surface area contributed by atoms with Gasteiger partial charge in [0.05, 0.1) is 0 Å². The maximum absolute atomic E-state index is 13.2. The van der Waals surface area contributed by atoms with Crippen molar-refractivity contribution in [3.8, 4) is 5.75 Å². The third-order valence-corrected chi connectivity index (χ3v) is 8.20. The summed E-state index contributed by atoms with van der Waals surface area (Å²) in [6, 6.07) is 9.94. The number of fused-ring (bicyclic) bond motifs is 1. The highest BCUT2D eigenvalue weighted by atomic mass is 32.2. The molecule has 7 nitrogen and oxygen atoms in total. The largest absolute Gasteiger partial charge is 0.429 e. The first-order valence-corrected chi connectivity index (χ1v) is 13.3. The topological polar surface area (TPSA) is 72.3 Å². The molecular weight excluding hydrogens is 484 g/mol. The van der Waals surface area contributed by atoms with Gasteiger partial charge in [-0.25, -0.2) is 9.29 Å². The summed E-state index contributed by atoms with van der Waals surface area (Å²) in [6.07, 6.45) is 6.23. The molecule has 36 heavy (non-hydrogen) atoms. The van der Waals surface area contributed by atoms with Crippen LogP contribution >= 0.6 is 11.9 Å². The molecule has 0 spiro atoms. The average Bonchev–Trinajstić information content (AvgIpc) is 3.26. The predicted molar refractivity (Wildman–Crippen MR) is 138 cm³/mol. The SMILES string of the molecule is Cc1cccc(SN2CCC(Nc3ncc4cc(OC(F)F)c(=O)n(C5CCCC5C)c4n3)CC2)c1. The minimum absolute atomic E-state index is 0.106. The Hall–Kier alpha value is -2.72. The Balaban J connectivity index is 1.34. The van der Waals surface area contributed by atoms with Gasteiger partial charge in [-0.1, -0.05) is 25.5 Å². The number of halogens is 2. The van der Waals surface area contributed by atoms with Gasteiger partial charge in [-0.3, -0.25) is 9.36 Å². The van der Waals surface area contributed by atoms with E-state index in [1.807, 2.05) is 0 Å². The lowest BCUT2D eigenvalue weighted by Gasteiger charge is -2.31. The highest BCUT2D eigenvalue weighted by molar-refractivity contribution is 7.97. The Kier molecular flexibility index (Phi) is 7.43. The van der Waals surface area contributed by atoms with Crippen molar-refractivity contribution >= 4 is 28.9 Å². The third-order valence-electron chi connectivity index (χ3n) is 7.12. The number of pyridine rings is 1. The van der Waals surface area contributed by atoms with E-state index in [1.165, 1.54) is 16.5 Å². The first-order chi connectivity index (χ1) is 17.4. The second kappa shape index (κ2) is 10.7. The molecule has 0 bridgehead atoms. The Morgan fingerprint density at radius 1 is 1.17 bits per heavy atom. The van der Waals surface area contributed by atoms with Crippen molar-refractivity contribution in [3.05, 3.63) is 52.4 Å². The highest BCUT2D eigenvalue weighted by Crippen LogP contribution is 2.36. The van der Waals surface area contributed by atoms with Crippen molar-refractivity contribution in [2.45, 2.75) is 69.5 Å². The molecule has 1 N–H and O–H groups in total. The summed E-state index contributed by atoms with van der Waals surface area (Å²) in [5, 5.41) is 3.95. The molecule has 2 aliphatic rings. The molecule has 2 atom stereocenters. The van der Waals surface area contributed by atoms with Crippen LogP contribution in [0.2, 0.25) is 0 Å². The van der Waals surface area contributed by atoms with Crippen molar-refractivity contribution in [1.82, 2.24) is 18.8 Å². The molecule has 3 heterocycles. The molecule has 0 radical (unpaired) electrons. The van der Waals surface area contributed by atoms with Gasteiger partial charge in [0.15, 0.2) is 5.75 Å². The monoisotopic (exact) mass is 515 g/mol. The van der Waals surface area contributed by atoms with Crippen molar-refractivity contribution in [2.24, 2.45) is 5.92 Å². The van der Waals surface area contributed by atoms with Crippen LogP contribution in [0.5, 0.6) is 5.75 Å². The van der Waals surface area contributed by atoms with E-state index in [2.05, 4.69) is 57.5 Å². The van der Waals surface area contributed by atoms with Crippen molar-refractivity contribution < 1.29 is 13.5 Å². The van der Waals surface area contributed by atoms with E-state index in [0.717, 1.165) is 45.2 Å². The zero-order valence-corrected chi connectivity index (χ0v) is 21.3. The minimum Gasteiger partial charge on any atom is -0.429 e. The van der Waals surface area contributed by atoms with E-state index in [4.69, 9.17) is 4.98 Å². The van der Waals surface area contributed by atoms with Crippen LogP contribution in [0, 0.1) is 12.8 Å². The maximum Gasteiger partial charge on any atom is 0.387 e. The fourth-order valence-electron chi connectivity index (χ4n) is 5.26. The number of ether oxygens (including phenoxy) is 1. The summed E-state index contributed by atoms with van der Waals surface area (Å²) in [4.78, 5) is 23.6. The zero-order valence-electron chi connectivity index (χ0n) is 20.5. The lowest BCUT2D eigenvalue weighted by atomic mass is 10.1. The molecule has 1 aliphatic heterocycles. The van der Waals surface area contributed by atoms with Crippen LogP contribution in [0.25, 0.3) is 11.0 Å². The number of hydrogen-bond acceptors (Lipinski definition) is 7. The number of nitrogens with zero attached hydrogens (tertiary/aromatic N) is 4. The van der Waals surface area contributed by atoms with Gasteiger partial charge in [0.25, 0.3) is 5.56 Å². The number of benzene rings is 1. The van der Waals surface area contributed by atoms with E-state index in [0.29, 0.717) is 17.0 Å². The first-order valence-electron chi connectivity index (χ1n) is 12.5. The van der Waals surface area contributed by atoms with E-state index in [9.17, 15) is 13.6 Å². The predicted octanol–water partition coefficient (Wildman–Crippen LogP) is 5.65. The van der Waals surface area contributed by atoms with Gasteiger partial charge in [-0.2, -0.15) is 13.8 Å². The molecule has 1 aromatic carbocycles. The fourth-order valence-corrected chi connectivity index (χ4v) is 6.33. The van der Waals surface area contributed by atoms with E-state index in [-0.39, 0.29) is 23.8 Å². The van der Waals surface area contributed by atoms with Crippen molar-refractivity contribution in [3.63, 3.8) is 0 Å². The van der Waals surface area contributed by atoms with E-state index in [1.54, 1.807) is 22.7 Å². The van der Waals surface area contributed by atoms with Gasteiger partial charge in [0.2, 0.25) is 5.95 Å². The van der Waals surface area contributed by atoms with Gasteiger partial charge in [-0.05, 0) is 74.2 Å². The Labute approximate surface area is 213 Å². The van der Waals surface area contributed by atoms with Crippen molar-refractivity contribution in [1.29, 1.82) is 0 Å². The minimum atomic E-state index is -3.07. The summed E-state index contributed by atoms with van der Waals surface area (Å²) in [6.45, 7) is 2.98. The number of aryl methyl sites for hydroxylation is 1. The summed E-state index contributed by atoms with van der Waals surface area (Å²) < 4.78 is 34.4. The lowest BCUT2D eigenvalue weighted by molar-refractivity contribution is -0.0510. The maximum atomic E-state index is 13.2. The molecule has 1 saturated heterocycles. The van der Waals surface area contributed by atoms with Crippen LogP contribution in [0.4, 0.5) is 14.7 Å². The number of aromatic nitrogens is 3. The summed E-state index contributed by atoms with van der Waals surface area (Å²) >= 11 is 1.78. The van der Waals surface area contributed by atoms with Crippen molar-refractivity contribution in [2.75, 3.05) is 18.4 Å². The molecule has 1 aliphatic carbocycles. The summed E-state index contributed by atoms with van der Waals surface area (Å²) in [7, 11) is 0. The number of hydrogen-bond donors (Lipinski definition) is 1. The summed E-state index contributed by atoms with van der Waals surface area (Å²) in [5.74, 6) is 0.335. The first kappa shape index (κ1) is 25.0. The van der Waals surface area contributed by atoms with Crippen LogP contribution < -0.4 is 15.6 Å². The quantitative estimate of drug-likeness (QED) is 0.408. The van der Waals surface area contributed by atoms with Gasteiger partial charge in [-0.15, -0.1) is 0 Å². The van der Waals surface area contributed by atoms with E-state index >= 15 is 0 Å².